The van der Waals surface area contributed by atoms with Crippen molar-refractivity contribution in [3.8, 4) is 0 Å². The van der Waals surface area contributed by atoms with Crippen LogP contribution in [-0.2, 0) is 9.53 Å². The Morgan fingerprint density at radius 1 is 1.31 bits per heavy atom. The summed E-state index contributed by atoms with van der Waals surface area (Å²) in [6.45, 7) is 5.68. The minimum absolute atomic E-state index is 0.00627. The van der Waals surface area contributed by atoms with Gasteiger partial charge in [-0.05, 0) is 24.5 Å². The molecule has 2 N–H and O–H groups in total. The first-order chi connectivity index (χ1) is 12.3. The lowest BCUT2D eigenvalue weighted by atomic mass is 10.0. The molecule has 2 aromatic rings. The summed E-state index contributed by atoms with van der Waals surface area (Å²) < 4.78 is 4.73. The zero-order valence-corrected chi connectivity index (χ0v) is 15.9. The van der Waals surface area contributed by atoms with E-state index < -0.39 is 11.7 Å². The van der Waals surface area contributed by atoms with Gasteiger partial charge in [-0.2, -0.15) is 4.98 Å². The van der Waals surface area contributed by atoms with Crippen molar-refractivity contribution >= 4 is 29.3 Å². The summed E-state index contributed by atoms with van der Waals surface area (Å²) >= 11 is 1.02. The molecule has 2 rings (SSSR count). The lowest BCUT2D eigenvalue weighted by molar-refractivity contribution is -0.113. The first kappa shape index (κ1) is 19.7. The number of ether oxygens (including phenoxy) is 1. The molecule has 26 heavy (non-hydrogen) atoms. The number of rotatable bonds is 6. The van der Waals surface area contributed by atoms with Crippen LogP contribution in [0.3, 0.4) is 0 Å². The SMILES string of the molecule is COC(=O)c1c(SCC(=O)Nc2ccccc2C(C)C)nc(=O)[nH]c1C. The maximum absolute atomic E-state index is 12.3. The molecule has 1 aromatic heterocycles. The van der Waals surface area contributed by atoms with E-state index >= 15 is 0 Å². The maximum Gasteiger partial charge on any atom is 0.346 e. The third-order valence-corrected chi connectivity index (χ3v) is 4.65. The predicted molar refractivity (Wildman–Crippen MR) is 101 cm³/mol. The van der Waals surface area contributed by atoms with Gasteiger partial charge in [0.1, 0.15) is 10.6 Å². The van der Waals surface area contributed by atoms with E-state index in [0.717, 1.165) is 23.0 Å². The zero-order valence-electron chi connectivity index (χ0n) is 15.1. The summed E-state index contributed by atoms with van der Waals surface area (Å²) in [6, 6.07) is 7.58. The van der Waals surface area contributed by atoms with E-state index in [2.05, 4.69) is 15.3 Å². The van der Waals surface area contributed by atoms with Crippen LogP contribution in [0.4, 0.5) is 5.69 Å². The number of aromatic amines is 1. The first-order valence-electron chi connectivity index (χ1n) is 8.04. The number of nitrogens with zero attached hydrogens (tertiary/aromatic N) is 1. The van der Waals surface area contributed by atoms with Gasteiger partial charge in [0, 0.05) is 11.4 Å². The number of amides is 1. The smallest absolute Gasteiger partial charge is 0.346 e. The summed E-state index contributed by atoms with van der Waals surface area (Å²) in [6.07, 6.45) is 0. The Morgan fingerprint density at radius 2 is 2.00 bits per heavy atom. The highest BCUT2D eigenvalue weighted by atomic mass is 32.2. The van der Waals surface area contributed by atoms with Gasteiger partial charge in [-0.3, -0.25) is 4.79 Å². The van der Waals surface area contributed by atoms with E-state index in [0.29, 0.717) is 5.69 Å². The fourth-order valence-electron chi connectivity index (χ4n) is 2.44. The average Bonchev–Trinajstić information content (AvgIpc) is 2.59. The summed E-state index contributed by atoms with van der Waals surface area (Å²) in [5, 5.41) is 3.04. The number of thioether (sulfide) groups is 1. The van der Waals surface area contributed by atoms with Gasteiger partial charge in [0.15, 0.2) is 0 Å². The number of carbonyl (C=O) groups excluding carboxylic acids is 2. The van der Waals surface area contributed by atoms with E-state index in [1.54, 1.807) is 6.92 Å². The quantitative estimate of drug-likeness (QED) is 0.457. The second-order valence-electron chi connectivity index (χ2n) is 5.92. The van der Waals surface area contributed by atoms with Crippen LogP contribution in [0.2, 0.25) is 0 Å². The molecule has 1 heterocycles. The second kappa shape index (κ2) is 8.66. The van der Waals surface area contributed by atoms with Crippen LogP contribution in [0, 0.1) is 6.92 Å². The van der Waals surface area contributed by atoms with E-state index in [1.165, 1.54) is 7.11 Å². The number of esters is 1. The molecular formula is C18H21N3O4S. The van der Waals surface area contributed by atoms with Crippen molar-refractivity contribution in [2.45, 2.75) is 31.7 Å². The second-order valence-corrected chi connectivity index (χ2v) is 6.88. The molecule has 0 saturated carbocycles. The number of carbonyl (C=O) groups is 2. The van der Waals surface area contributed by atoms with Gasteiger partial charge in [-0.1, -0.05) is 43.8 Å². The Morgan fingerprint density at radius 3 is 2.65 bits per heavy atom. The van der Waals surface area contributed by atoms with Gasteiger partial charge in [0.2, 0.25) is 5.91 Å². The molecule has 0 saturated heterocycles. The molecule has 0 radical (unpaired) electrons. The standard InChI is InChI=1S/C18H21N3O4S/c1-10(2)12-7-5-6-8-13(12)20-14(22)9-26-16-15(17(23)25-4)11(3)19-18(24)21-16/h5-8,10H,9H2,1-4H3,(H,20,22)(H,19,21,24). The largest absolute Gasteiger partial charge is 0.465 e. The number of para-hydroxylation sites is 1. The molecular weight excluding hydrogens is 354 g/mol. The van der Waals surface area contributed by atoms with Crippen molar-refractivity contribution in [2.24, 2.45) is 0 Å². The normalized spacial score (nSPS) is 10.7. The molecule has 7 nitrogen and oxygen atoms in total. The van der Waals surface area contributed by atoms with E-state index in [9.17, 15) is 14.4 Å². The maximum atomic E-state index is 12.3. The molecule has 0 bridgehead atoms. The monoisotopic (exact) mass is 375 g/mol. The van der Waals surface area contributed by atoms with Crippen LogP contribution in [0.1, 0.15) is 41.4 Å². The summed E-state index contributed by atoms with van der Waals surface area (Å²) in [5.41, 5.74) is 1.71. The van der Waals surface area contributed by atoms with E-state index in [4.69, 9.17) is 4.74 Å². The first-order valence-corrected chi connectivity index (χ1v) is 9.02. The molecule has 1 aromatic carbocycles. The lowest BCUT2D eigenvalue weighted by Gasteiger charge is -2.13. The fraction of sp³-hybridized carbons (Fsp3) is 0.333. The number of aromatic nitrogens is 2. The van der Waals surface area contributed by atoms with Crippen molar-refractivity contribution in [2.75, 3.05) is 18.2 Å². The molecule has 0 atom stereocenters. The van der Waals surface area contributed by atoms with Crippen molar-refractivity contribution in [1.82, 2.24) is 9.97 Å². The van der Waals surface area contributed by atoms with Crippen molar-refractivity contribution in [3.63, 3.8) is 0 Å². The summed E-state index contributed by atoms with van der Waals surface area (Å²) in [7, 11) is 1.25. The highest BCUT2D eigenvalue weighted by Gasteiger charge is 2.19. The van der Waals surface area contributed by atoms with Crippen molar-refractivity contribution < 1.29 is 14.3 Å². The summed E-state index contributed by atoms with van der Waals surface area (Å²) in [4.78, 5) is 42.1. The van der Waals surface area contributed by atoms with E-state index in [1.807, 2.05) is 38.1 Å². The summed E-state index contributed by atoms with van der Waals surface area (Å²) in [5.74, 6) is -0.591. The Balaban J connectivity index is 2.16. The number of hydrogen-bond donors (Lipinski definition) is 2. The molecule has 0 aliphatic carbocycles. The Bertz CT molecular complexity index is 877. The third kappa shape index (κ3) is 4.72. The van der Waals surface area contributed by atoms with Crippen LogP contribution in [0.5, 0.6) is 0 Å². The Kier molecular flexibility index (Phi) is 6.57. The zero-order chi connectivity index (χ0) is 19.3. The number of methoxy groups -OCH3 is 1. The van der Waals surface area contributed by atoms with Crippen LogP contribution >= 0.6 is 11.8 Å². The molecule has 0 fully saturated rings. The van der Waals surface area contributed by atoms with Gasteiger partial charge in [-0.15, -0.1) is 0 Å². The fourth-order valence-corrected chi connectivity index (χ4v) is 3.31. The number of benzene rings is 1. The minimum Gasteiger partial charge on any atom is -0.465 e. The number of aryl methyl sites for hydroxylation is 1. The highest BCUT2D eigenvalue weighted by molar-refractivity contribution is 8.00. The number of nitrogens with one attached hydrogen (secondary N) is 2. The molecule has 8 heteroatoms. The minimum atomic E-state index is -0.612. The Hall–Kier alpha value is -2.61. The molecule has 0 aliphatic heterocycles. The highest BCUT2D eigenvalue weighted by Crippen LogP contribution is 2.25. The number of hydrogen-bond acceptors (Lipinski definition) is 6. The molecule has 138 valence electrons. The molecule has 0 aliphatic rings. The lowest BCUT2D eigenvalue weighted by Crippen LogP contribution is -2.20. The molecule has 0 spiro atoms. The van der Waals surface area contributed by atoms with Gasteiger partial charge in [-0.25, -0.2) is 9.59 Å². The van der Waals surface area contributed by atoms with E-state index in [-0.39, 0.29) is 28.2 Å². The number of H-pyrrole nitrogens is 1. The van der Waals surface area contributed by atoms with Gasteiger partial charge >= 0.3 is 11.7 Å². The predicted octanol–water partition coefficient (Wildman–Crippen LogP) is 2.72. The van der Waals surface area contributed by atoms with Crippen molar-refractivity contribution in [3.05, 3.63) is 51.6 Å². The van der Waals surface area contributed by atoms with Crippen LogP contribution in [0.15, 0.2) is 34.1 Å². The van der Waals surface area contributed by atoms with Gasteiger partial charge < -0.3 is 15.0 Å². The van der Waals surface area contributed by atoms with Crippen LogP contribution < -0.4 is 11.0 Å². The third-order valence-electron chi connectivity index (χ3n) is 3.67. The molecule has 1 amide bonds. The van der Waals surface area contributed by atoms with Crippen molar-refractivity contribution in [1.29, 1.82) is 0 Å². The van der Waals surface area contributed by atoms with Crippen LogP contribution in [0.25, 0.3) is 0 Å². The Labute approximate surface area is 155 Å². The number of anilines is 1. The van der Waals surface area contributed by atoms with Crippen LogP contribution in [-0.4, -0.2) is 34.7 Å². The average molecular weight is 375 g/mol. The van der Waals surface area contributed by atoms with Gasteiger partial charge in [0.05, 0.1) is 12.9 Å². The topological polar surface area (TPSA) is 101 Å². The molecule has 0 unspecified atom stereocenters. The van der Waals surface area contributed by atoms with Gasteiger partial charge in [0.25, 0.3) is 0 Å².